The Morgan fingerprint density at radius 3 is 2.53 bits per heavy atom. The van der Waals surface area contributed by atoms with E-state index in [0.717, 1.165) is 60.9 Å². The molecule has 3 aliphatic rings. The third kappa shape index (κ3) is 3.52. The van der Waals surface area contributed by atoms with Gasteiger partial charge in [-0.05, 0) is 57.4 Å². The largest absolute Gasteiger partial charge is 0.387 e. The molecule has 0 spiro atoms. The van der Waals surface area contributed by atoms with Gasteiger partial charge in [-0.25, -0.2) is 9.37 Å². The van der Waals surface area contributed by atoms with Crippen molar-refractivity contribution in [3.63, 3.8) is 0 Å². The zero-order chi connectivity index (χ0) is 26.1. The van der Waals surface area contributed by atoms with Gasteiger partial charge in [0.2, 0.25) is 5.91 Å². The van der Waals surface area contributed by atoms with Crippen molar-refractivity contribution in [2.45, 2.75) is 69.4 Å². The van der Waals surface area contributed by atoms with E-state index in [0.29, 0.717) is 28.8 Å². The first-order valence-electron chi connectivity index (χ1n) is 13.2. The third-order valence-electron chi connectivity index (χ3n) is 8.47. The van der Waals surface area contributed by atoms with Gasteiger partial charge in [0.05, 0.1) is 23.3 Å². The highest BCUT2D eigenvalue weighted by Crippen LogP contribution is 2.50. The molecular weight excluding hydrogens is 487 g/mol. The van der Waals surface area contributed by atoms with Gasteiger partial charge < -0.3 is 15.7 Å². The normalized spacial score (nSPS) is 22.9. The van der Waals surface area contributed by atoms with Gasteiger partial charge in [0.1, 0.15) is 18.1 Å². The lowest BCUT2D eigenvalue weighted by atomic mass is 9.85. The second kappa shape index (κ2) is 8.59. The van der Waals surface area contributed by atoms with Crippen LogP contribution in [0.5, 0.6) is 0 Å². The van der Waals surface area contributed by atoms with Crippen LogP contribution in [0.4, 0.5) is 10.2 Å². The van der Waals surface area contributed by atoms with Gasteiger partial charge in [0.15, 0.2) is 11.5 Å². The fourth-order valence-corrected chi connectivity index (χ4v) is 6.52. The third-order valence-corrected chi connectivity index (χ3v) is 8.47. The van der Waals surface area contributed by atoms with Crippen molar-refractivity contribution in [1.82, 2.24) is 34.7 Å². The average Bonchev–Trinajstić information content (AvgIpc) is 3.50. The molecule has 3 fully saturated rings. The molecule has 3 atom stereocenters. The number of amides is 1. The molecule has 196 valence electrons. The van der Waals surface area contributed by atoms with Crippen molar-refractivity contribution in [3.8, 4) is 22.5 Å². The first-order valence-corrected chi connectivity index (χ1v) is 13.2. The predicted octanol–water partition coefficient (Wildman–Crippen LogP) is 3.32. The fraction of sp³-hybridized carbons (Fsp3) is 0.444. The SMILES string of the molecule is Cc1[nH]nc(-c2ccc(-c3cnn4c(N)c(C5CC5)c([C@H]5C[C@H]6CC[C@@H](C5)N6C(=O)CO)nc34)cn2)c1F. The van der Waals surface area contributed by atoms with E-state index >= 15 is 0 Å². The van der Waals surface area contributed by atoms with E-state index in [1.165, 1.54) is 0 Å². The van der Waals surface area contributed by atoms with Gasteiger partial charge in [-0.1, -0.05) is 6.07 Å². The van der Waals surface area contributed by atoms with Crippen LogP contribution in [0.2, 0.25) is 0 Å². The van der Waals surface area contributed by atoms with E-state index in [1.807, 2.05) is 11.0 Å². The van der Waals surface area contributed by atoms with E-state index in [-0.39, 0.29) is 29.6 Å². The van der Waals surface area contributed by atoms with Crippen molar-refractivity contribution in [2.75, 3.05) is 12.3 Å². The zero-order valence-corrected chi connectivity index (χ0v) is 21.1. The van der Waals surface area contributed by atoms with Crippen molar-refractivity contribution < 1.29 is 14.3 Å². The van der Waals surface area contributed by atoms with E-state index in [1.54, 1.807) is 29.9 Å². The lowest BCUT2D eigenvalue weighted by molar-refractivity contribution is -0.138. The summed E-state index contributed by atoms with van der Waals surface area (Å²) < 4.78 is 16.1. The number of hydrogen-bond donors (Lipinski definition) is 3. The summed E-state index contributed by atoms with van der Waals surface area (Å²) in [6, 6.07) is 3.86. The van der Waals surface area contributed by atoms with Crippen molar-refractivity contribution in [1.29, 1.82) is 0 Å². The Kier molecular flexibility index (Phi) is 5.26. The molecule has 38 heavy (non-hydrogen) atoms. The van der Waals surface area contributed by atoms with Crippen molar-refractivity contribution >= 4 is 17.4 Å². The molecule has 2 aliphatic heterocycles. The molecule has 0 aromatic carbocycles. The molecule has 1 amide bonds. The average molecular weight is 517 g/mol. The number of halogens is 1. The summed E-state index contributed by atoms with van der Waals surface area (Å²) in [5, 5.41) is 20.7. The first kappa shape index (κ1) is 23.3. The van der Waals surface area contributed by atoms with Gasteiger partial charge in [-0.2, -0.15) is 14.7 Å². The first-order chi connectivity index (χ1) is 18.4. The quantitative estimate of drug-likeness (QED) is 0.370. The van der Waals surface area contributed by atoms with Crippen LogP contribution in [0.3, 0.4) is 0 Å². The van der Waals surface area contributed by atoms with E-state index in [4.69, 9.17) is 10.7 Å². The number of rotatable bonds is 5. The summed E-state index contributed by atoms with van der Waals surface area (Å²) in [7, 11) is 0. The zero-order valence-electron chi connectivity index (χ0n) is 21.1. The molecule has 4 N–H and O–H groups in total. The lowest BCUT2D eigenvalue weighted by Gasteiger charge is -2.39. The molecule has 0 radical (unpaired) electrons. The minimum absolute atomic E-state index is 0.122. The second-order valence-corrected chi connectivity index (χ2v) is 10.8. The van der Waals surface area contributed by atoms with Crippen molar-refractivity contribution in [3.05, 3.63) is 47.3 Å². The number of aryl methyl sites for hydroxylation is 1. The number of fused-ring (bicyclic) bond motifs is 3. The van der Waals surface area contributed by atoms with Crippen LogP contribution in [-0.2, 0) is 4.79 Å². The Balaban J connectivity index is 1.28. The number of anilines is 1. The number of hydrogen-bond acceptors (Lipinski definition) is 7. The molecule has 2 saturated heterocycles. The maximum absolute atomic E-state index is 14.3. The minimum Gasteiger partial charge on any atom is -0.387 e. The summed E-state index contributed by atoms with van der Waals surface area (Å²) in [5.74, 6) is 0.608. The highest BCUT2D eigenvalue weighted by Gasteiger charge is 2.45. The molecule has 11 heteroatoms. The van der Waals surface area contributed by atoms with E-state index < -0.39 is 12.4 Å². The van der Waals surface area contributed by atoms with Crippen LogP contribution in [-0.4, -0.2) is 64.4 Å². The number of pyridine rings is 1. The maximum Gasteiger partial charge on any atom is 0.248 e. The number of aromatic nitrogens is 6. The molecule has 4 aromatic rings. The molecule has 6 heterocycles. The monoisotopic (exact) mass is 516 g/mol. The van der Waals surface area contributed by atoms with Crippen LogP contribution in [0.25, 0.3) is 28.2 Å². The standard InChI is InChI=1S/C27H29FN8O2/c1-13-23(28)25(34-33-13)20-7-4-15(10-30-20)19-11-31-36-26(29)22(14-2-3-14)24(32-27(19)36)16-8-17-5-6-18(9-16)35(17)21(38)12-37/h4,7,10-11,14,16-18,37H,2-3,5-6,8-9,12,29H2,1H3,(H,33,34)/t16-,17+,18-. The van der Waals surface area contributed by atoms with Crippen LogP contribution in [0, 0.1) is 12.7 Å². The Bertz CT molecular complexity index is 1540. The Hall–Kier alpha value is -3.86. The molecule has 1 aliphatic carbocycles. The number of nitrogens with one attached hydrogen (secondary N) is 1. The number of H-pyrrole nitrogens is 1. The number of aliphatic hydroxyl groups is 1. The van der Waals surface area contributed by atoms with Gasteiger partial charge in [-0.3, -0.25) is 14.9 Å². The summed E-state index contributed by atoms with van der Waals surface area (Å²) >= 11 is 0. The number of aromatic amines is 1. The molecule has 7 rings (SSSR count). The Morgan fingerprint density at radius 1 is 1.16 bits per heavy atom. The summed E-state index contributed by atoms with van der Waals surface area (Å²) in [6.07, 6.45) is 9.15. The van der Waals surface area contributed by atoms with Crippen molar-refractivity contribution in [2.24, 2.45) is 0 Å². The number of piperidine rings is 1. The highest BCUT2D eigenvalue weighted by molar-refractivity contribution is 5.80. The molecular formula is C27H29FN8O2. The number of carbonyl (C=O) groups excluding carboxylic acids is 1. The molecule has 4 aromatic heterocycles. The van der Waals surface area contributed by atoms with Gasteiger partial charge in [0.25, 0.3) is 0 Å². The number of carbonyl (C=O) groups is 1. The topological polar surface area (TPSA) is 138 Å². The number of nitrogens with two attached hydrogens (primary N) is 1. The Morgan fingerprint density at radius 2 is 1.92 bits per heavy atom. The number of aliphatic hydroxyl groups excluding tert-OH is 1. The smallest absolute Gasteiger partial charge is 0.248 e. The molecule has 1 saturated carbocycles. The van der Waals surface area contributed by atoms with Gasteiger partial charge in [0, 0.05) is 40.9 Å². The highest BCUT2D eigenvalue weighted by atomic mass is 19.1. The summed E-state index contributed by atoms with van der Waals surface area (Å²) in [4.78, 5) is 23.9. The number of nitrogen functional groups attached to an aromatic ring is 1. The molecule has 10 nitrogen and oxygen atoms in total. The van der Waals surface area contributed by atoms with Crippen LogP contribution in [0.1, 0.15) is 67.3 Å². The predicted molar refractivity (Wildman–Crippen MR) is 138 cm³/mol. The summed E-state index contributed by atoms with van der Waals surface area (Å²) in [5.41, 5.74) is 12.1. The molecule has 2 bridgehead atoms. The summed E-state index contributed by atoms with van der Waals surface area (Å²) in [6.45, 7) is 1.18. The minimum atomic E-state index is -0.444. The van der Waals surface area contributed by atoms with E-state index in [2.05, 4.69) is 20.3 Å². The van der Waals surface area contributed by atoms with Crippen LogP contribution >= 0.6 is 0 Å². The number of nitrogens with zero attached hydrogens (tertiary/aromatic N) is 6. The maximum atomic E-state index is 14.3. The lowest BCUT2D eigenvalue weighted by Crippen LogP contribution is -2.47. The van der Waals surface area contributed by atoms with Gasteiger partial charge >= 0.3 is 0 Å². The van der Waals surface area contributed by atoms with Crippen LogP contribution < -0.4 is 5.73 Å². The van der Waals surface area contributed by atoms with Crippen LogP contribution in [0.15, 0.2) is 24.5 Å². The fourth-order valence-electron chi connectivity index (χ4n) is 6.52. The Labute approximate surface area is 218 Å². The molecule has 0 unspecified atom stereocenters. The van der Waals surface area contributed by atoms with E-state index in [9.17, 15) is 14.3 Å². The van der Waals surface area contributed by atoms with Gasteiger partial charge in [-0.15, -0.1) is 0 Å². The second-order valence-electron chi connectivity index (χ2n) is 10.8.